The summed E-state index contributed by atoms with van der Waals surface area (Å²) in [6.07, 6.45) is 3.44. The van der Waals surface area contributed by atoms with Crippen molar-refractivity contribution >= 4 is 21.6 Å². The zero-order chi connectivity index (χ0) is 16.7. The third-order valence-electron chi connectivity index (χ3n) is 5.27. The minimum atomic E-state index is 0.152. The lowest BCUT2D eigenvalue weighted by Crippen LogP contribution is -2.36. The molecule has 2 heterocycles. The van der Waals surface area contributed by atoms with Crippen LogP contribution in [0.15, 0.2) is 40.9 Å². The Morgan fingerprint density at radius 1 is 1.25 bits per heavy atom. The lowest BCUT2D eigenvalue weighted by atomic mass is 9.77. The number of hydrogen-bond acceptors (Lipinski definition) is 3. The molecule has 2 aromatic carbocycles. The van der Waals surface area contributed by atoms with Gasteiger partial charge in [-0.25, -0.2) is 0 Å². The van der Waals surface area contributed by atoms with E-state index in [-0.39, 0.29) is 17.9 Å². The first kappa shape index (κ1) is 16.0. The Morgan fingerprint density at radius 2 is 2.12 bits per heavy atom. The van der Waals surface area contributed by atoms with Crippen molar-refractivity contribution in [3.8, 4) is 5.75 Å². The van der Waals surface area contributed by atoms with Crippen molar-refractivity contribution in [1.29, 1.82) is 0 Å². The van der Waals surface area contributed by atoms with Crippen LogP contribution in [-0.2, 0) is 11.2 Å². The Labute approximate surface area is 151 Å². The van der Waals surface area contributed by atoms with Crippen LogP contribution in [0.2, 0.25) is 0 Å². The van der Waals surface area contributed by atoms with Crippen molar-refractivity contribution in [3.05, 3.63) is 57.6 Å². The topological polar surface area (TPSA) is 41.5 Å². The number of nitrogens with one attached hydrogen (secondary N) is 1. The van der Waals surface area contributed by atoms with Gasteiger partial charge in [-0.3, -0.25) is 0 Å². The lowest BCUT2D eigenvalue weighted by Gasteiger charge is -2.43. The Bertz CT molecular complexity index is 761. The summed E-state index contributed by atoms with van der Waals surface area (Å²) in [4.78, 5) is 0. The second kappa shape index (κ2) is 6.41. The highest BCUT2D eigenvalue weighted by Crippen LogP contribution is 2.49. The summed E-state index contributed by atoms with van der Waals surface area (Å²) in [5.41, 5.74) is 5.01. The maximum atomic E-state index is 9.80. The SMILES string of the molecule is CCc1ccc2c(c1)[C@@H]1OCCC[C@H]1[C@@H](c1ccc(O)c(Br)c1)N2. The third kappa shape index (κ3) is 2.72. The van der Waals surface area contributed by atoms with Crippen LogP contribution in [-0.4, -0.2) is 11.7 Å². The van der Waals surface area contributed by atoms with Crippen LogP contribution in [0.5, 0.6) is 5.75 Å². The van der Waals surface area contributed by atoms with Gasteiger partial charge in [-0.05, 0) is 64.5 Å². The zero-order valence-electron chi connectivity index (χ0n) is 13.8. The van der Waals surface area contributed by atoms with Crippen molar-refractivity contribution in [2.75, 3.05) is 11.9 Å². The maximum absolute atomic E-state index is 9.80. The fourth-order valence-electron chi connectivity index (χ4n) is 3.99. The van der Waals surface area contributed by atoms with Crippen LogP contribution in [0, 0.1) is 5.92 Å². The number of halogens is 1. The van der Waals surface area contributed by atoms with Gasteiger partial charge in [0.25, 0.3) is 0 Å². The third-order valence-corrected chi connectivity index (χ3v) is 5.90. The van der Waals surface area contributed by atoms with E-state index in [4.69, 9.17) is 4.74 Å². The molecule has 0 aliphatic carbocycles. The molecule has 1 saturated heterocycles. The largest absolute Gasteiger partial charge is 0.507 e. The predicted octanol–water partition coefficient (Wildman–Crippen LogP) is 5.35. The van der Waals surface area contributed by atoms with Crippen LogP contribution < -0.4 is 5.32 Å². The summed E-state index contributed by atoms with van der Waals surface area (Å²) >= 11 is 3.44. The summed E-state index contributed by atoms with van der Waals surface area (Å²) in [5.74, 6) is 0.689. The average Bonchev–Trinajstić information content (AvgIpc) is 2.63. The Morgan fingerprint density at radius 3 is 2.92 bits per heavy atom. The number of phenols is 1. The van der Waals surface area contributed by atoms with Gasteiger partial charge >= 0.3 is 0 Å². The minimum Gasteiger partial charge on any atom is -0.507 e. The van der Waals surface area contributed by atoms with Gasteiger partial charge in [0.2, 0.25) is 0 Å². The number of fused-ring (bicyclic) bond motifs is 3. The molecule has 2 aromatic rings. The maximum Gasteiger partial charge on any atom is 0.129 e. The van der Waals surface area contributed by atoms with E-state index in [9.17, 15) is 5.11 Å². The first-order valence-corrected chi connectivity index (χ1v) is 9.46. The molecule has 0 spiro atoms. The number of aryl methyl sites for hydroxylation is 1. The number of anilines is 1. The summed E-state index contributed by atoms with van der Waals surface area (Å²) in [6.45, 7) is 3.02. The molecular weight excluding hydrogens is 366 g/mol. The molecule has 0 amide bonds. The van der Waals surface area contributed by atoms with Crippen LogP contribution in [0.1, 0.15) is 48.6 Å². The molecule has 0 unspecified atom stereocenters. The van der Waals surface area contributed by atoms with E-state index in [1.165, 1.54) is 22.4 Å². The number of benzene rings is 2. The van der Waals surface area contributed by atoms with Crippen molar-refractivity contribution in [3.63, 3.8) is 0 Å². The van der Waals surface area contributed by atoms with Crippen LogP contribution >= 0.6 is 15.9 Å². The molecule has 0 saturated carbocycles. The van der Waals surface area contributed by atoms with Crippen molar-refractivity contribution in [1.82, 2.24) is 0 Å². The fourth-order valence-corrected chi connectivity index (χ4v) is 4.38. The van der Waals surface area contributed by atoms with E-state index in [0.29, 0.717) is 5.92 Å². The molecule has 2 aliphatic heterocycles. The van der Waals surface area contributed by atoms with Crippen LogP contribution in [0.3, 0.4) is 0 Å². The van der Waals surface area contributed by atoms with E-state index in [2.05, 4.69) is 46.4 Å². The molecule has 4 rings (SSSR count). The molecule has 0 aromatic heterocycles. The predicted molar refractivity (Wildman–Crippen MR) is 99.4 cm³/mol. The van der Waals surface area contributed by atoms with Gasteiger partial charge in [-0.2, -0.15) is 0 Å². The summed E-state index contributed by atoms with van der Waals surface area (Å²) in [6, 6.07) is 12.7. The smallest absolute Gasteiger partial charge is 0.129 e. The standard InChI is InChI=1S/C20H22BrNO2/c1-2-12-5-7-17-15(10-12)20-14(4-3-9-24-20)19(22-17)13-6-8-18(23)16(21)11-13/h5-8,10-11,14,19-20,22-23H,2-4,9H2,1H3/t14-,19+,20+/m0/s1. The summed E-state index contributed by atoms with van der Waals surface area (Å²) in [7, 11) is 0. The van der Waals surface area contributed by atoms with Gasteiger partial charge in [-0.15, -0.1) is 0 Å². The number of aromatic hydroxyl groups is 1. The summed E-state index contributed by atoms with van der Waals surface area (Å²) < 4.78 is 6.95. The highest BCUT2D eigenvalue weighted by Gasteiger charge is 2.39. The van der Waals surface area contributed by atoms with Gasteiger partial charge < -0.3 is 15.2 Å². The Kier molecular flexibility index (Phi) is 4.27. The highest BCUT2D eigenvalue weighted by molar-refractivity contribution is 9.10. The summed E-state index contributed by atoms with van der Waals surface area (Å²) in [5, 5.41) is 13.5. The van der Waals surface area contributed by atoms with Gasteiger partial charge in [0, 0.05) is 23.8 Å². The second-order valence-corrected chi connectivity index (χ2v) is 7.56. The van der Waals surface area contributed by atoms with E-state index < -0.39 is 0 Å². The van der Waals surface area contributed by atoms with Gasteiger partial charge in [-0.1, -0.05) is 25.1 Å². The normalized spacial score (nSPS) is 25.5. The molecule has 3 atom stereocenters. The molecule has 3 nitrogen and oxygen atoms in total. The van der Waals surface area contributed by atoms with Crippen LogP contribution in [0.4, 0.5) is 5.69 Å². The minimum absolute atomic E-state index is 0.152. The van der Waals surface area contributed by atoms with Crippen molar-refractivity contribution < 1.29 is 9.84 Å². The molecule has 126 valence electrons. The van der Waals surface area contributed by atoms with E-state index in [1.54, 1.807) is 6.07 Å². The average molecular weight is 388 g/mol. The molecule has 1 fully saturated rings. The lowest BCUT2D eigenvalue weighted by molar-refractivity contribution is -0.0381. The zero-order valence-corrected chi connectivity index (χ0v) is 15.3. The molecule has 24 heavy (non-hydrogen) atoms. The first-order valence-electron chi connectivity index (χ1n) is 8.66. The van der Waals surface area contributed by atoms with Crippen molar-refractivity contribution in [2.45, 2.75) is 38.3 Å². The van der Waals surface area contributed by atoms with Gasteiger partial charge in [0.15, 0.2) is 0 Å². The first-order chi connectivity index (χ1) is 11.7. The quantitative estimate of drug-likeness (QED) is 0.729. The molecule has 2 N–H and O–H groups in total. The molecule has 2 aliphatic rings. The van der Waals surface area contributed by atoms with Gasteiger partial charge in [0.05, 0.1) is 16.6 Å². The molecular formula is C20H22BrNO2. The van der Waals surface area contributed by atoms with Gasteiger partial charge in [0.1, 0.15) is 5.75 Å². The van der Waals surface area contributed by atoms with E-state index in [1.807, 2.05) is 12.1 Å². The second-order valence-electron chi connectivity index (χ2n) is 6.71. The van der Waals surface area contributed by atoms with E-state index >= 15 is 0 Å². The monoisotopic (exact) mass is 387 g/mol. The number of rotatable bonds is 2. The number of phenolic OH excluding ortho intramolecular Hbond substituents is 1. The molecule has 0 radical (unpaired) electrons. The Balaban J connectivity index is 1.77. The molecule has 4 heteroatoms. The molecule has 0 bridgehead atoms. The number of ether oxygens (including phenoxy) is 1. The van der Waals surface area contributed by atoms with Crippen LogP contribution in [0.25, 0.3) is 0 Å². The Hall–Kier alpha value is -1.52. The fraction of sp³-hybridized carbons (Fsp3) is 0.400. The van der Waals surface area contributed by atoms with E-state index in [0.717, 1.165) is 30.3 Å². The van der Waals surface area contributed by atoms with Crippen molar-refractivity contribution in [2.24, 2.45) is 5.92 Å². The number of hydrogen-bond donors (Lipinski definition) is 2. The highest BCUT2D eigenvalue weighted by atomic mass is 79.9.